The molecule has 1 unspecified atom stereocenters. The Morgan fingerprint density at radius 1 is 1.05 bits per heavy atom. The maximum Gasteiger partial charge on any atom is 0.500 e. The van der Waals surface area contributed by atoms with Crippen molar-refractivity contribution in [3.63, 3.8) is 0 Å². The van der Waals surface area contributed by atoms with Crippen molar-refractivity contribution in [3.05, 3.63) is 20.9 Å². The Hall–Kier alpha value is -1.07. The topological polar surface area (TPSA) is 125 Å². The highest BCUT2D eigenvalue weighted by atomic mass is 28.4. The molecule has 114 valence electrons. The zero-order chi connectivity index (χ0) is 15.3. The van der Waals surface area contributed by atoms with E-state index in [-0.39, 0.29) is 5.67 Å². The van der Waals surface area contributed by atoms with Gasteiger partial charge >= 0.3 is 8.80 Å². The molecule has 0 radical (unpaired) electrons. The van der Waals surface area contributed by atoms with Gasteiger partial charge in [0.25, 0.3) is 0 Å². The van der Waals surface area contributed by atoms with Gasteiger partial charge in [-0.05, 0) is 43.2 Å². The van der Waals surface area contributed by atoms with Crippen molar-refractivity contribution < 1.29 is 13.3 Å². The molecule has 0 rings (SSSR count). The van der Waals surface area contributed by atoms with Crippen LogP contribution in [-0.2, 0) is 13.3 Å². The van der Waals surface area contributed by atoms with Crippen molar-refractivity contribution in [2.75, 3.05) is 19.8 Å². The van der Waals surface area contributed by atoms with Crippen molar-refractivity contribution in [3.8, 4) is 0 Å². The molecule has 0 bridgehead atoms. The largest absolute Gasteiger partial charge is 0.500 e. The lowest BCUT2D eigenvalue weighted by molar-refractivity contribution is 0.0707. The predicted molar refractivity (Wildman–Crippen MR) is 80.7 cm³/mol. The number of azide groups is 2. The lowest BCUT2D eigenvalue weighted by Gasteiger charge is -2.29. The van der Waals surface area contributed by atoms with Gasteiger partial charge in [-0.15, -0.1) is 4.78 Å². The van der Waals surface area contributed by atoms with E-state index < -0.39 is 18.5 Å². The number of hydrogen-bond acceptors (Lipinski definition) is 5. The Kier molecular flexibility index (Phi) is 11.1. The molecule has 20 heavy (non-hydrogen) atoms. The highest BCUT2D eigenvalue weighted by molar-refractivity contribution is 6.60. The average Bonchev–Trinajstić information content (AvgIpc) is 2.43. The first-order valence-corrected chi connectivity index (χ1v) is 10.0. The van der Waals surface area contributed by atoms with Crippen molar-refractivity contribution >= 4 is 18.5 Å². The van der Waals surface area contributed by atoms with Gasteiger partial charge in [0.05, 0.1) is 0 Å². The molecule has 9 nitrogen and oxygen atoms in total. The standard InChI is InChI=1S/C9H22N6O3Si2/c1-4-16-20(17-5-2,18-6-3)8-7-9(12-13-10)19-15-14-11/h9H,4-8,19H2,1-3H3. The quantitative estimate of drug-likeness (QED) is 0.237. The normalized spacial score (nSPS) is 12.9. The van der Waals surface area contributed by atoms with Gasteiger partial charge in [-0.2, -0.15) is 0 Å². The highest BCUT2D eigenvalue weighted by Gasteiger charge is 2.40. The minimum atomic E-state index is -2.72. The lowest BCUT2D eigenvalue weighted by Crippen LogP contribution is -2.46. The molecule has 0 aliphatic heterocycles. The molecular weight excluding hydrogens is 296 g/mol. The van der Waals surface area contributed by atoms with Crippen LogP contribution in [0.15, 0.2) is 9.89 Å². The molecule has 11 heteroatoms. The maximum atomic E-state index is 8.54. The molecule has 0 fully saturated rings. The van der Waals surface area contributed by atoms with Crippen LogP contribution >= 0.6 is 0 Å². The van der Waals surface area contributed by atoms with E-state index in [1.54, 1.807) is 0 Å². The first-order valence-electron chi connectivity index (χ1n) is 6.64. The van der Waals surface area contributed by atoms with Crippen LogP contribution in [0.4, 0.5) is 0 Å². The van der Waals surface area contributed by atoms with Crippen LogP contribution in [0.3, 0.4) is 0 Å². The van der Waals surface area contributed by atoms with E-state index in [2.05, 4.69) is 19.7 Å². The van der Waals surface area contributed by atoms with E-state index in [1.807, 2.05) is 20.8 Å². The molecule has 1 atom stereocenters. The molecular formula is C9H22N6O3Si2. The van der Waals surface area contributed by atoms with Gasteiger partial charge in [0.15, 0.2) is 0 Å². The molecule has 0 amide bonds. The summed E-state index contributed by atoms with van der Waals surface area (Å²) in [7, 11) is -3.88. The fourth-order valence-corrected chi connectivity index (χ4v) is 5.63. The summed E-state index contributed by atoms with van der Waals surface area (Å²) < 4.78 is 20.7. The van der Waals surface area contributed by atoms with Gasteiger partial charge in [-0.25, -0.2) is 0 Å². The van der Waals surface area contributed by atoms with Crippen LogP contribution in [0.5, 0.6) is 0 Å². The van der Waals surface area contributed by atoms with Crippen molar-refractivity contribution in [2.24, 2.45) is 9.89 Å². The molecule has 0 saturated carbocycles. The third-order valence-corrected chi connectivity index (χ3v) is 6.82. The van der Waals surface area contributed by atoms with E-state index >= 15 is 0 Å². The Morgan fingerprint density at radius 3 is 2.00 bits per heavy atom. The average molecular weight is 318 g/mol. The molecule has 0 aliphatic rings. The fourth-order valence-electron chi connectivity index (χ4n) is 1.73. The first kappa shape index (κ1) is 18.9. The molecule has 0 spiro atoms. The minimum absolute atomic E-state index is 0.274. The van der Waals surface area contributed by atoms with Crippen LogP contribution < -0.4 is 0 Å². The van der Waals surface area contributed by atoms with E-state index in [4.69, 9.17) is 24.3 Å². The van der Waals surface area contributed by atoms with E-state index in [0.29, 0.717) is 32.3 Å². The van der Waals surface area contributed by atoms with Crippen molar-refractivity contribution in [2.45, 2.75) is 38.9 Å². The molecule has 0 aliphatic carbocycles. The monoisotopic (exact) mass is 318 g/mol. The molecule has 0 N–H and O–H groups in total. The Bertz CT molecular complexity index is 343. The first-order chi connectivity index (χ1) is 9.67. The zero-order valence-electron chi connectivity index (χ0n) is 12.2. The van der Waals surface area contributed by atoms with Crippen LogP contribution in [0.1, 0.15) is 27.2 Å². The van der Waals surface area contributed by atoms with E-state index in [1.165, 1.54) is 0 Å². The summed E-state index contributed by atoms with van der Waals surface area (Å²) >= 11 is 0. The van der Waals surface area contributed by atoms with Gasteiger partial charge in [0.2, 0.25) is 0 Å². The maximum absolute atomic E-state index is 8.54. The molecule has 0 saturated heterocycles. The summed E-state index contributed by atoms with van der Waals surface area (Å²) in [6.07, 6.45) is 0.557. The molecule has 0 aromatic heterocycles. The summed E-state index contributed by atoms with van der Waals surface area (Å²) in [4.78, 5) is 5.53. The van der Waals surface area contributed by atoms with Crippen LogP contribution in [0.25, 0.3) is 20.9 Å². The van der Waals surface area contributed by atoms with Gasteiger partial charge in [0, 0.05) is 36.4 Å². The summed E-state index contributed by atoms with van der Waals surface area (Å²) in [5.74, 6) is 0. The van der Waals surface area contributed by atoms with Crippen molar-refractivity contribution in [1.82, 2.24) is 0 Å². The number of rotatable bonds is 12. The smallest absolute Gasteiger partial charge is 0.374 e. The fraction of sp³-hybridized carbons (Fsp3) is 1.00. The van der Waals surface area contributed by atoms with Gasteiger partial charge in [-0.1, -0.05) is 5.11 Å². The second-order valence-corrected chi connectivity index (χ2v) is 8.12. The lowest BCUT2D eigenvalue weighted by atomic mass is 10.5. The third kappa shape index (κ3) is 7.51. The van der Waals surface area contributed by atoms with Gasteiger partial charge in [-0.3, -0.25) is 0 Å². The second kappa shape index (κ2) is 11.7. The summed E-state index contributed by atoms with van der Waals surface area (Å²) in [5.41, 5.74) is 16.6. The number of nitrogens with zero attached hydrogens (tertiary/aromatic N) is 6. The van der Waals surface area contributed by atoms with Gasteiger partial charge < -0.3 is 13.3 Å². The second-order valence-electron chi connectivity index (χ2n) is 3.79. The van der Waals surface area contributed by atoms with E-state index in [9.17, 15) is 0 Å². The van der Waals surface area contributed by atoms with E-state index in [0.717, 1.165) is 0 Å². The zero-order valence-corrected chi connectivity index (χ0v) is 14.6. The van der Waals surface area contributed by atoms with Crippen molar-refractivity contribution in [1.29, 1.82) is 0 Å². The van der Waals surface area contributed by atoms with Crippen LogP contribution in [0.2, 0.25) is 6.04 Å². The summed E-state index contributed by atoms with van der Waals surface area (Å²) in [6, 6.07) is 0.556. The van der Waals surface area contributed by atoms with Crippen LogP contribution in [-0.4, -0.2) is 44.0 Å². The summed E-state index contributed by atoms with van der Waals surface area (Å²) in [6.45, 7) is 7.18. The highest BCUT2D eigenvalue weighted by Crippen LogP contribution is 2.20. The van der Waals surface area contributed by atoms with Gasteiger partial charge in [0.1, 0.15) is 9.68 Å². The molecule has 0 heterocycles. The Labute approximate surface area is 122 Å². The third-order valence-electron chi connectivity index (χ3n) is 2.45. The SMILES string of the molecule is CCO[Si](CCC(N=[N+]=[N-])[SiH2]N=[N+]=[N-])(OCC)OCC. The Balaban J connectivity index is 4.75. The predicted octanol–water partition coefficient (Wildman–Crippen LogP) is 2.46. The minimum Gasteiger partial charge on any atom is -0.374 e. The molecule has 0 aromatic carbocycles. The van der Waals surface area contributed by atoms with Crippen LogP contribution in [0, 0.1) is 0 Å². The summed E-state index contributed by atoms with van der Waals surface area (Å²) in [5, 5.41) is 3.68. The molecule has 0 aromatic rings. The Morgan fingerprint density at radius 2 is 1.60 bits per heavy atom. The number of hydrogen-bond donors (Lipinski definition) is 0.